The fourth-order valence-corrected chi connectivity index (χ4v) is 1.51. The summed E-state index contributed by atoms with van der Waals surface area (Å²) in [6.45, 7) is 7.21. The molecule has 0 saturated heterocycles. The lowest BCUT2D eigenvalue weighted by Gasteiger charge is -2.10. The van der Waals surface area contributed by atoms with Crippen molar-refractivity contribution in [1.29, 1.82) is 0 Å². The summed E-state index contributed by atoms with van der Waals surface area (Å²) in [5.41, 5.74) is 0. The van der Waals surface area contributed by atoms with Gasteiger partial charge < -0.3 is 28.6 Å². The standard InChI is InChI=1S/C14H30BrNO5/c1-16(2)4-6-18-8-10-20-12-14-21-13-11-19-9-7-17-5-3-15/h3-14H2,1-2H3. The highest BCUT2D eigenvalue weighted by molar-refractivity contribution is 9.09. The smallest absolute Gasteiger partial charge is 0.0701 e. The normalized spacial score (nSPS) is 11.4. The Bertz CT molecular complexity index is 198. The maximum absolute atomic E-state index is 5.40. The summed E-state index contributed by atoms with van der Waals surface area (Å²) < 4.78 is 26.8. The van der Waals surface area contributed by atoms with Crippen LogP contribution in [-0.2, 0) is 23.7 Å². The molecule has 0 heterocycles. The molecule has 0 aliphatic carbocycles. The average Bonchev–Trinajstić information content (AvgIpc) is 2.46. The molecule has 21 heavy (non-hydrogen) atoms. The van der Waals surface area contributed by atoms with Gasteiger partial charge in [0.05, 0.1) is 66.1 Å². The van der Waals surface area contributed by atoms with Crippen LogP contribution in [0.5, 0.6) is 0 Å². The second-order valence-electron chi connectivity index (χ2n) is 4.55. The Morgan fingerprint density at radius 3 is 1.24 bits per heavy atom. The van der Waals surface area contributed by atoms with E-state index in [1.165, 1.54) is 0 Å². The lowest BCUT2D eigenvalue weighted by Crippen LogP contribution is -2.19. The topological polar surface area (TPSA) is 49.4 Å². The highest BCUT2D eigenvalue weighted by atomic mass is 79.9. The van der Waals surface area contributed by atoms with Crippen molar-refractivity contribution in [3.05, 3.63) is 0 Å². The molecule has 128 valence electrons. The van der Waals surface area contributed by atoms with Crippen molar-refractivity contribution in [1.82, 2.24) is 4.90 Å². The van der Waals surface area contributed by atoms with Crippen molar-refractivity contribution in [3.63, 3.8) is 0 Å². The molecule has 0 N–H and O–H groups in total. The van der Waals surface area contributed by atoms with Crippen molar-refractivity contribution >= 4 is 15.9 Å². The molecule has 0 unspecified atom stereocenters. The minimum absolute atomic E-state index is 0.584. The van der Waals surface area contributed by atoms with Gasteiger partial charge in [-0.1, -0.05) is 15.9 Å². The summed E-state index contributed by atoms with van der Waals surface area (Å²) in [7, 11) is 4.05. The molecule has 0 aliphatic heterocycles. The summed E-state index contributed by atoms with van der Waals surface area (Å²) >= 11 is 3.29. The van der Waals surface area contributed by atoms with Crippen LogP contribution in [-0.4, -0.2) is 96.9 Å². The van der Waals surface area contributed by atoms with E-state index in [4.69, 9.17) is 23.7 Å². The molecule has 0 spiro atoms. The van der Waals surface area contributed by atoms with Crippen molar-refractivity contribution in [2.24, 2.45) is 0 Å². The first-order valence-electron chi connectivity index (χ1n) is 7.36. The van der Waals surface area contributed by atoms with Gasteiger partial charge in [0.1, 0.15) is 0 Å². The Labute approximate surface area is 137 Å². The van der Waals surface area contributed by atoms with Crippen molar-refractivity contribution < 1.29 is 23.7 Å². The molecule has 0 aromatic rings. The van der Waals surface area contributed by atoms with Crippen LogP contribution in [0.25, 0.3) is 0 Å². The van der Waals surface area contributed by atoms with E-state index in [9.17, 15) is 0 Å². The zero-order valence-corrected chi connectivity index (χ0v) is 14.9. The number of halogens is 1. The monoisotopic (exact) mass is 371 g/mol. The van der Waals surface area contributed by atoms with E-state index in [0.29, 0.717) is 52.9 Å². The maximum Gasteiger partial charge on any atom is 0.0701 e. The van der Waals surface area contributed by atoms with Gasteiger partial charge in [0.2, 0.25) is 0 Å². The molecule has 0 saturated carbocycles. The quantitative estimate of drug-likeness (QED) is 0.281. The molecule has 0 atom stereocenters. The summed E-state index contributed by atoms with van der Waals surface area (Å²) in [6.07, 6.45) is 0. The highest BCUT2D eigenvalue weighted by Gasteiger charge is 1.94. The van der Waals surface area contributed by atoms with E-state index in [1.807, 2.05) is 14.1 Å². The van der Waals surface area contributed by atoms with Gasteiger partial charge in [-0.05, 0) is 14.1 Å². The van der Waals surface area contributed by atoms with Crippen LogP contribution in [0, 0.1) is 0 Å². The van der Waals surface area contributed by atoms with Crippen molar-refractivity contribution in [3.8, 4) is 0 Å². The van der Waals surface area contributed by atoms with Crippen molar-refractivity contribution in [2.45, 2.75) is 0 Å². The van der Waals surface area contributed by atoms with E-state index in [1.54, 1.807) is 0 Å². The molecular formula is C14H30BrNO5. The molecule has 6 nitrogen and oxygen atoms in total. The SMILES string of the molecule is CN(C)CCOCCOCCOCCOCCOCCBr. The molecule has 7 heteroatoms. The van der Waals surface area contributed by atoms with Crippen LogP contribution >= 0.6 is 15.9 Å². The third-order valence-electron chi connectivity index (χ3n) is 2.39. The summed E-state index contributed by atoms with van der Waals surface area (Å²) in [6, 6.07) is 0. The molecule has 0 fully saturated rings. The summed E-state index contributed by atoms with van der Waals surface area (Å²) in [4.78, 5) is 2.09. The molecule has 0 aromatic heterocycles. The minimum Gasteiger partial charge on any atom is -0.378 e. The lowest BCUT2D eigenvalue weighted by molar-refractivity contribution is -0.0107. The Hall–Kier alpha value is 0.240. The third-order valence-corrected chi connectivity index (χ3v) is 2.72. The third kappa shape index (κ3) is 20.2. The Balaban J connectivity index is 2.93. The molecule has 0 aliphatic rings. The summed E-state index contributed by atoms with van der Waals surface area (Å²) in [5.74, 6) is 0. The molecular weight excluding hydrogens is 342 g/mol. The molecule has 0 bridgehead atoms. The Morgan fingerprint density at radius 2 is 0.905 bits per heavy atom. The van der Waals surface area contributed by atoms with Gasteiger partial charge in [0.15, 0.2) is 0 Å². The second kappa shape index (κ2) is 18.3. The van der Waals surface area contributed by atoms with Gasteiger partial charge in [-0.2, -0.15) is 0 Å². The van der Waals surface area contributed by atoms with Crippen LogP contribution in [0.4, 0.5) is 0 Å². The number of hydrogen-bond donors (Lipinski definition) is 0. The lowest BCUT2D eigenvalue weighted by atomic mass is 10.6. The van der Waals surface area contributed by atoms with Crippen LogP contribution in [0.1, 0.15) is 0 Å². The zero-order chi connectivity index (χ0) is 15.6. The zero-order valence-electron chi connectivity index (χ0n) is 13.4. The van der Waals surface area contributed by atoms with Crippen LogP contribution in [0.3, 0.4) is 0 Å². The first kappa shape index (κ1) is 21.2. The fraction of sp³-hybridized carbons (Fsp3) is 1.00. The maximum atomic E-state index is 5.40. The van der Waals surface area contributed by atoms with E-state index in [0.717, 1.165) is 25.1 Å². The van der Waals surface area contributed by atoms with Crippen LogP contribution < -0.4 is 0 Å². The highest BCUT2D eigenvalue weighted by Crippen LogP contribution is 1.85. The van der Waals surface area contributed by atoms with E-state index in [-0.39, 0.29) is 0 Å². The average molecular weight is 372 g/mol. The van der Waals surface area contributed by atoms with Gasteiger partial charge >= 0.3 is 0 Å². The number of rotatable bonds is 17. The van der Waals surface area contributed by atoms with E-state index < -0.39 is 0 Å². The number of likely N-dealkylation sites (N-methyl/N-ethyl adjacent to an activating group) is 1. The van der Waals surface area contributed by atoms with Gasteiger partial charge in [-0.25, -0.2) is 0 Å². The van der Waals surface area contributed by atoms with Crippen LogP contribution in [0.15, 0.2) is 0 Å². The molecule has 0 aromatic carbocycles. The van der Waals surface area contributed by atoms with Gasteiger partial charge in [0, 0.05) is 11.9 Å². The molecule has 0 radical (unpaired) electrons. The minimum atomic E-state index is 0.584. The number of hydrogen-bond acceptors (Lipinski definition) is 6. The molecule has 0 amide bonds. The molecule has 0 rings (SSSR count). The number of ether oxygens (including phenoxy) is 5. The Kier molecular flexibility index (Phi) is 18.5. The first-order valence-corrected chi connectivity index (χ1v) is 8.49. The fourth-order valence-electron chi connectivity index (χ4n) is 1.28. The predicted octanol–water partition coefficient (Wildman–Crippen LogP) is 1.03. The summed E-state index contributed by atoms with van der Waals surface area (Å²) in [5, 5.41) is 0.858. The number of alkyl halides is 1. The largest absolute Gasteiger partial charge is 0.378 e. The van der Waals surface area contributed by atoms with E-state index in [2.05, 4.69) is 20.8 Å². The first-order chi connectivity index (χ1) is 10.3. The van der Waals surface area contributed by atoms with E-state index >= 15 is 0 Å². The second-order valence-corrected chi connectivity index (χ2v) is 5.35. The van der Waals surface area contributed by atoms with Crippen LogP contribution in [0.2, 0.25) is 0 Å². The predicted molar refractivity (Wildman–Crippen MR) is 86.4 cm³/mol. The Morgan fingerprint density at radius 1 is 0.571 bits per heavy atom. The van der Waals surface area contributed by atoms with Gasteiger partial charge in [0.25, 0.3) is 0 Å². The van der Waals surface area contributed by atoms with Crippen molar-refractivity contribution in [2.75, 3.05) is 92.0 Å². The van der Waals surface area contributed by atoms with Gasteiger partial charge in [-0.15, -0.1) is 0 Å². The number of nitrogens with zero attached hydrogens (tertiary/aromatic N) is 1. The van der Waals surface area contributed by atoms with Gasteiger partial charge in [-0.3, -0.25) is 0 Å².